The molecule has 2 rings (SSSR count). The Kier molecular flexibility index (Phi) is 4.21. The van der Waals surface area contributed by atoms with Gasteiger partial charge in [0.15, 0.2) is 5.82 Å². The second-order valence-corrected chi connectivity index (χ2v) is 5.06. The first kappa shape index (κ1) is 12.3. The molecule has 88 valence electrons. The van der Waals surface area contributed by atoms with Crippen molar-refractivity contribution in [1.29, 1.82) is 0 Å². The maximum absolute atomic E-state index is 14.0. The van der Waals surface area contributed by atoms with E-state index in [4.69, 9.17) is 4.74 Å². The fourth-order valence-electron chi connectivity index (χ4n) is 1.74. The highest BCUT2D eigenvalue weighted by Crippen LogP contribution is 2.29. The van der Waals surface area contributed by atoms with E-state index < -0.39 is 0 Å². The van der Waals surface area contributed by atoms with E-state index in [2.05, 4.69) is 31.9 Å². The zero-order valence-electron chi connectivity index (χ0n) is 8.68. The molecule has 0 radical (unpaired) electrons. The van der Waals surface area contributed by atoms with Gasteiger partial charge in [-0.1, -0.05) is 15.9 Å². The van der Waals surface area contributed by atoms with Gasteiger partial charge >= 0.3 is 0 Å². The molecule has 0 aliphatic carbocycles. The highest BCUT2D eigenvalue weighted by Gasteiger charge is 2.17. The van der Waals surface area contributed by atoms with Crippen LogP contribution in [0.15, 0.2) is 16.6 Å². The Hall–Kier alpha value is -0.130. The Balaban J connectivity index is 2.33. The number of ether oxygens (including phenoxy) is 1. The summed E-state index contributed by atoms with van der Waals surface area (Å²) in [5.41, 5.74) is 1.72. The molecule has 1 saturated heterocycles. The SMILES string of the molecule is Fc1c(Br)cc(CBr)cc1N1CCOCC1. The Bertz CT molecular complexity index is 380. The smallest absolute Gasteiger partial charge is 0.160 e. The van der Waals surface area contributed by atoms with Crippen LogP contribution in [0.25, 0.3) is 0 Å². The van der Waals surface area contributed by atoms with Crippen LogP contribution in [0.3, 0.4) is 0 Å². The minimum Gasteiger partial charge on any atom is -0.378 e. The Morgan fingerprint density at radius 1 is 1.31 bits per heavy atom. The fourth-order valence-corrected chi connectivity index (χ4v) is 2.56. The van der Waals surface area contributed by atoms with Crippen LogP contribution in [-0.2, 0) is 10.1 Å². The van der Waals surface area contributed by atoms with E-state index in [-0.39, 0.29) is 5.82 Å². The number of morpholine rings is 1. The lowest BCUT2D eigenvalue weighted by atomic mass is 10.2. The van der Waals surface area contributed by atoms with Crippen LogP contribution in [0.2, 0.25) is 0 Å². The van der Waals surface area contributed by atoms with Crippen LogP contribution < -0.4 is 4.90 Å². The van der Waals surface area contributed by atoms with Crippen molar-refractivity contribution >= 4 is 37.5 Å². The molecule has 0 spiro atoms. The number of nitrogens with zero attached hydrogens (tertiary/aromatic N) is 1. The van der Waals surface area contributed by atoms with Gasteiger partial charge in [-0.25, -0.2) is 4.39 Å². The van der Waals surface area contributed by atoms with Crippen LogP contribution in [0.4, 0.5) is 10.1 Å². The molecule has 1 aromatic rings. The lowest BCUT2D eigenvalue weighted by molar-refractivity contribution is 0.122. The molecule has 0 aromatic heterocycles. The third-order valence-corrected chi connectivity index (χ3v) is 3.80. The largest absolute Gasteiger partial charge is 0.378 e. The molecule has 2 nitrogen and oxygen atoms in total. The van der Waals surface area contributed by atoms with Gasteiger partial charge in [-0.05, 0) is 33.6 Å². The van der Waals surface area contributed by atoms with Gasteiger partial charge in [0.25, 0.3) is 0 Å². The zero-order chi connectivity index (χ0) is 11.5. The molecule has 5 heteroatoms. The molecule has 1 aliphatic rings. The maximum atomic E-state index is 14.0. The monoisotopic (exact) mass is 351 g/mol. The van der Waals surface area contributed by atoms with Crippen molar-refractivity contribution in [2.24, 2.45) is 0 Å². The number of rotatable bonds is 2. The van der Waals surface area contributed by atoms with Gasteiger partial charge in [0, 0.05) is 18.4 Å². The highest BCUT2D eigenvalue weighted by molar-refractivity contribution is 9.10. The number of hydrogen-bond acceptors (Lipinski definition) is 2. The lowest BCUT2D eigenvalue weighted by Gasteiger charge is -2.29. The standard InChI is InChI=1S/C11H12Br2FNO/c12-7-8-5-9(13)11(14)10(6-8)15-1-3-16-4-2-15/h5-6H,1-4,7H2. The van der Waals surface area contributed by atoms with Crippen molar-refractivity contribution in [3.8, 4) is 0 Å². The molecule has 0 unspecified atom stereocenters. The third kappa shape index (κ3) is 2.57. The van der Waals surface area contributed by atoms with E-state index in [1.54, 1.807) is 6.07 Å². The summed E-state index contributed by atoms with van der Waals surface area (Å²) in [7, 11) is 0. The molecule has 1 aromatic carbocycles. The van der Waals surface area contributed by atoms with E-state index >= 15 is 0 Å². The van der Waals surface area contributed by atoms with Crippen LogP contribution in [0.1, 0.15) is 5.56 Å². The van der Waals surface area contributed by atoms with Gasteiger partial charge < -0.3 is 9.64 Å². The van der Waals surface area contributed by atoms with Gasteiger partial charge in [0.1, 0.15) is 0 Å². The molecule has 16 heavy (non-hydrogen) atoms. The van der Waals surface area contributed by atoms with Crippen molar-refractivity contribution in [2.45, 2.75) is 5.33 Å². The number of alkyl halides is 1. The first-order valence-corrected chi connectivity index (χ1v) is 7.00. The van der Waals surface area contributed by atoms with Crippen LogP contribution in [0.5, 0.6) is 0 Å². The van der Waals surface area contributed by atoms with Crippen LogP contribution >= 0.6 is 31.9 Å². The second-order valence-electron chi connectivity index (χ2n) is 3.64. The molecular formula is C11H12Br2FNO. The van der Waals surface area contributed by atoms with Gasteiger partial charge in [0.2, 0.25) is 0 Å². The van der Waals surface area contributed by atoms with Crippen LogP contribution in [-0.4, -0.2) is 26.3 Å². The van der Waals surface area contributed by atoms with E-state index in [0.717, 1.165) is 24.0 Å². The summed E-state index contributed by atoms with van der Waals surface area (Å²) in [5.74, 6) is -0.188. The Labute approximate surface area is 111 Å². The number of halogens is 3. The van der Waals surface area contributed by atoms with Gasteiger partial charge in [-0.3, -0.25) is 0 Å². The minimum atomic E-state index is -0.188. The summed E-state index contributed by atoms with van der Waals surface area (Å²) in [4.78, 5) is 2.02. The number of benzene rings is 1. The Morgan fingerprint density at radius 2 is 2.00 bits per heavy atom. The molecule has 0 amide bonds. The zero-order valence-corrected chi connectivity index (χ0v) is 11.9. The summed E-state index contributed by atoms with van der Waals surface area (Å²) in [6.07, 6.45) is 0. The number of anilines is 1. The topological polar surface area (TPSA) is 12.5 Å². The molecular weight excluding hydrogens is 341 g/mol. The molecule has 0 bridgehead atoms. The van der Waals surface area contributed by atoms with E-state index in [1.807, 2.05) is 11.0 Å². The van der Waals surface area contributed by atoms with Gasteiger partial charge in [0.05, 0.1) is 23.4 Å². The first-order valence-electron chi connectivity index (χ1n) is 5.09. The molecule has 0 atom stereocenters. The summed E-state index contributed by atoms with van der Waals surface area (Å²) in [6, 6.07) is 3.69. The quantitative estimate of drug-likeness (QED) is 0.757. The fraction of sp³-hybridized carbons (Fsp3) is 0.455. The summed E-state index contributed by atoms with van der Waals surface area (Å²) < 4.78 is 19.7. The van der Waals surface area contributed by atoms with Crippen molar-refractivity contribution in [3.63, 3.8) is 0 Å². The number of hydrogen-bond donors (Lipinski definition) is 0. The maximum Gasteiger partial charge on any atom is 0.160 e. The minimum absolute atomic E-state index is 0.188. The first-order chi connectivity index (χ1) is 7.72. The summed E-state index contributed by atoms with van der Waals surface area (Å²) in [5, 5.41) is 0.725. The third-order valence-electron chi connectivity index (χ3n) is 2.57. The summed E-state index contributed by atoms with van der Waals surface area (Å²) >= 11 is 6.64. The van der Waals surface area contributed by atoms with Crippen molar-refractivity contribution in [1.82, 2.24) is 0 Å². The molecule has 0 saturated carbocycles. The molecule has 1 aliphatic heterocycles. The van der Waals surface area contributed by atoms with E-state index in [1.165, 1.54) is 0 Å². The van der Waals surface area contributed by atoms with Gasteiger partial charge in [-0.2, -0.15) is 0 Å². The van der Waals surface area contributed by atoms with Crippen LogP contribution in [0, 0.1) is 5.82 Å². The van der Waals surface area contributed by atoms with Crippen molar-refractivity contribution < 1.29 is 9.13 Å². The lowest BCUT2D eigenvalue weighted by Crippen LogP contribution is -2.36. The normalized spacial score (nSPS) is 16.6. The summed E-state index contributed by atoms with van der Waals surface area (Å²) in [6.45, 7) is 2.81. The van der Waals surface area contributed by atoms with Crippen molar-refractivity contribution in [2.75, 3.05) is 31.2 Å². The van der Waals surface area contributed by atoms with Crippen molar-refractivity contribution in [3.05, 3.63) is 28.0 Å². The predicted molar refractivity (Wildman–Crippen MR) is 69.8 cm³/mol. The predicted octanol–water partition coefficient (Wildman–Crippen LogP) is 3.32. The Morgan fingerprint density at radius 3 is 2.62 bits per heavy atom. The van der Waals surface area contributed by atoms with Gasteiger partial charge in [-0.15, -0.1) is 0 Å². The average Bonchev–Trinajstić information content (AvgIpc) is 2.33. The highest BCUT2D eigenvalue weighted by atomic mass is 79.9. The average molecular weight is 353 g/mol. The molecule has 0 N–H and O–H groups in total. The molecule has 1 heterocycles. The van der Waals surface area contributed by atoms with E-state index in [0.29, 0.717) is 23.4 Å². The second kappa shape index (κ2) is 5.47. The van der Waals surface area contributed by atoms with E-state index in [9.17, 15) is 4.39 Å². The molecule has 1 fully saturated rings.